The van der Waals surface area contributed by atoms with Gasteiger partial charge in [0.1, 0.15) is 12.3 Å². The summed E-state index contributed by atoms with van der Waals surface area (Å²) >= 11 is 0. The fraction of sp³-hybridized carbons (Fsp3) is 0.800. The minimum Gasteiger partial charge on any atom is -0.244 e. The second kappa shape index (κ2) is 2.15. The fourth-order valence-corrected chi connectivity index (χ4v) is 0.739. The van der Waals surface area contributed by atoms with Crippen LogP contribution < -0.4 is 0 Å². The number of rotatable bonds is 0. The summed E-state index contributed by atoms with van der Waals surface area (Å²) in [6, 6.07) is 0. The van der Waals surface area contributed by atoms with Crippen LogP contribution in [0.25, 0.3) is 0 Å². The monoisotopic (exact) mass is 141 g/mol. The first-order valence-corrected chi connectivity index (χ1v) is 2.54. The highest BCUT2D eigenvalue weighted by Crippen LogP contribution is 2.29. The van der Waals surface area contributed by atoms with Gasteiger partial charge in [0.15, 0.2) is 12.3 Å². The van der Waals surface area contributed by atoms with Crippen LogP contribution in [0.1, 0.15) is 0 Å². The van der Waals surface area contributed by atoms with Crippen molar-refractivity contribution in [1.29, 1.82) is 0 Å². The van der Waals surface area contributed by atoms with Crippen molar-refractivity contribution in [2.45, 2.75) is 24.7 Å². The van der Waals surface area contributed by atoms with Crippen LogP contribution in [-0.4, -0.2) is 24.7 Å². The predicted molar refractivity (Wildman–Crippen MR) is 23.9 cm³/mol. The average molecular weight is 141 g/mol. The summed E-state index contributed by atoms with van der Waals surface area (Å²) < 4.78 is 47.7. The van der Waals surface area contributed by atoms with E-state index >= 15 is 0 Å². The van der Waals surface area contributed by atoms with Crippen LogP contribution in [0, 0.1) is 6.42 Å². The van der Waals surface area contributed by atoms with Crippen molar-refractivity contribution in [3.05, 3.63) is 6.42 Å². The van der Waals surface area contributed by atoms with E-state index in [1.807, 2.05) is 0 Å². The summed E-state index contributed by atoms with van der Waals surface area (Å²) in [5.41, 5.74) is 0. The van der Waals surface area contributed by atoms with Gasteiger partial charge in [0.25, 0.3) is 0 Å². The maximum absolute atomic E-state index is 11.9. The zero-order valence-corrected chi connectivity index (χ0v) is 4.40. The average Bonchev–Trinajstić information content (AvgIpc) is 1.98. The lowest BCUT2D eigenvalue weighted by atomic mass is 10.3. The Balaban J connectivity index is 2.54. The van der Waals surface area contributed by atoms with E-state index in [1.165, 1.54) is 0 Å². The van der Waals surface area contributed by atoms with Crippen LogP contribution in [0.4, 0.5) is 17.6 Å². The molecule has 0 saturated heterocycles. The van der Waals surface area contributed by atoms with Gasteiger partial charge in [-0.25, -0.2) is 17.6 Å². The van der Waals surface area contributed by atoms with Gasteiger partial charge in [0.05, 0.1) is 0 Å². The highest BCUT2D eigenvalue weighted by atomic mass is 19.2. The van der Waals surface area contributed by atoms with Crippen molar-refractivity contribution in [1.82, 2.24) is 0 Å². The van der Waals surface area contributed by atoms with E-state index in [1.54, 1.807) is 0 Å². The second-order valence-electron chi connectivity index (χ2n) is 1.97. The van der Waals surface area contributed by atoms with E-state index in [0.29, 0.717) is 6.42 Å². The number of hydrogen-bond acceptors (Lipinski definition) is 0. The Bertz CT molecular complexity index is 93.1. The molecular formula is C5H5F4. The zero-order chi connectivity index (χ0) is 7.02. The molecule has 0 N–H and O–H groups in total. The molecule has 1 fully saturated rings. The molecule has 0 bridgehead atoms. The van der Waals surface area contributed by atoms with Crippen molar-refractivity contribution in [3.8, 4) is 0 Å². The Morgan fingerprint density at radius 1 is 0.778 bits per heavy atom. The maximum Gasteiger partial charge on any atom is 0.165 e. The quantitative estimate of drug-likeness (QED) is 0.449. The Hall–Kier alpha value is -0.280. The highest BCUT2D eigenvalue weighted by Gasteiger charge is 2.45. The first kappa shape index (κ1) is 6.83. The molecule has 53 valence electrons. The molecule has 0 heterocycles. The lowest BCUT2D eigenvalue weighted by molar-refractivity contribution is 0.111. The molecule has 0 aliphatic heterocycles. The molecule has 4 heteroatoms. The minimum absolute atomic E-state index is 0.398. The molecule has 0 aromatic rings. The molecule has 9 heavy (non-hydrogen) atoms. The number of alkyl halides is 4. The third kappa shape index (κ3) is 1.02. The molecule has 0 nitrogen and oxygen atoms in total. The lowest BCUT2D eigenvalue weighted by Crippen LogP contribution is -2.20. The van der Waals surface area contributed by atoms with E-state index in [0.717, 1.165) is 0 Å². The zero-order valence-electron chi connectivity index (χ0n) is 4.40. The largest absolute Gasteiger partial charge is 0.244 e. The van der Waals surface area contributed by atoms with Crippen LogP contribution in [-0.2, 0) is 0 Å². The maximum atomic E-state index is 11.9. The molecule has 1 aliphatic carbocycles. The van der Waals surface area contributed by atoms with Gasteiger partial charge in [-0.3, -0.25) is 0 Å². The van der Waals surface area contributed by atoms with E-state index in [9.17, 15) is 17.6 Å². The lowest BCUT2D eigenvalue weighted by Gasteiger charge is -2.02. The molecule has 1 radical (unpaired) electrons. The van der Waals surface area contributed by atoms with Gasteiger partial charge < -0.3 is 0 Å². The van der Waals surface area contributed by atoms with Gasteiger partial charge >= 0.3 is 0 Å². The summed E-state index contributed by atoms with van der Waals surface area (Å²) in [4.78, 5) is 0. The van der Waals surface area contributed by atoms with Crippen LogP contribution >= 0.6 is 0 Å². The first-order chi connectivity index (χ1) is 4.13. The molecule has 0 amide bonds. The normalized spacial score (nSPS) is 52.0. The van der Waals surface area contributed by atoms with Gasteiger partial charge in [-0.2, -0.15) is 0 Å². The number of halogens is 4. The Morgan fingerprint density at radius 2 is 1.11 bits per heavy atom. The van der Waals surface area contributed by atoms with Gasteiger partial charge in [0.2, 0.25) is 0 Å². The Kier molecular flexibility index (Phi) is 1.64. The topological polar surface area (TPSA) is 0 Å². The summed E-state index contributed by atoms with van der Waals surface area (Å²) in [6.07, 6.45) is -8.36. The molecule has 1 aliphatic rings. The first-order valence-electron chi connectivity index (χ1n) is 2.54. The summed E-state index contributed by atoms with van der Waals surface area (Å²) in [7, 11) is 0. The molecule has 1 saturated carbocycles. The summed E-state index contributed by atoms with van der Waals surface area (Å²) in [6.45, 7) is 0. The van der Waals surface area contributed by atoms with Crippen molar-refractivity contribution in [2.24, 2.45) is 0 Å². The molecule has 0 spiro atoms. The standard InChI is InChI=1S/C5H5F4/c6-2-1-3(7)5(9)4(2)8/h1-5H. The second-order valence-corrected chi connectivity index (χ2v) is 1.97. The van der Waals surface area contributed by atoms with E-state index in [2.05, 4.69) is 0 Å². The van der Waals surface area contributed by atoms with E-state index in [-0.39, 0.29) is 0 Å². The molecule has 0 aromatic heterocycles. The molecule has 0 aromatic carbocycles. The Labute approximate surface area is 49.9 Å². The van der Waals surface area contributed by atoms with Crippen molar-refractivity contribution < 1.29 is 17.6 Å². The van der Waals surface area contributed by atoms with Gasteiger partial charge in [0, 0.05) is 6.42 Å². The van der Waals surface area contributed by atoms with E-state index < -0.39 is 24.7 Å². The number of hydrogen-bond donors (Lipinski definition) is 0. The molecule has 4 unspecified atom stereocenters. The minimum atomic E-state index is -2.31. The SMILES string of the molecule is FC1[CH]C(F)C(F)C1F. The summed E-state index contributed by atoms with van der Waals surface area (Å²) in [5.74, 6) is 0. The molecular weight excluding hydrogens is 136 g/mol. The third-order valence-corrected chi connectivity index (χ3v) is 1.28. The smallest absolute Gasteiger partial charge is 0.165 e. The third-order valence-electron chi connectivity index (χ3n) is 1.28. The fourth-order valence-electron chi connectivity index (χ4n) is 0.739. The predicted octanol–water partition coefficient (Wildman–Crippen LogP) is 1.56. The van der Waals surface area contributed by atoms with Crippen LogP contribution in [0.2, 0.25) is 0 Å². The van der Waals surface area contributed by atoms with Gasteiger partial charge in [-0.1, -0.05) is 0 Å². The van der Waals surface area contributed by atoms with Crippen LogP contribution in [0.15, 0.2) is 0 Å². The van der Waals surface area contributed by atoms with Gasteiger partial charge in [-0.05, 0) is 0 Å². The van der Waals surface area contributed by atoms with Crippen molar-refractivity contribution in [3.63, 3.8) is 0 Å². The Morgan fingerprint density at radius 3 is 1.22 bits per heavy atom. The summed E-state index contributed by atoms with van der Waals surface area (Å²) in [5, 5.41) is 0. The van der Waals surface area contributed by atoms with E-state index in [4.69, 9.17) is 0 Å². The van der Waals surface area contributed by atoms with Crippen molar-refractivity contribution in [2.75, 3.05) is 0 Å². The molecule has 4 atom stereocenters. The van der Waals surface area contributed by atoms with Gasteiger partial charge in [-0.15, -0.1) is 0 Å². The highest BCUT2D eigenvalue weighted by molar-refractivity contribution is 5.05. The van der Waals surface area contributed by atoms with Crippen molar-refractivity contribution >= 4 is 0 Å². The van der Waals surface area contributed by atoms with Crippen LogP contribution in [0.3, 0.4) is 0 Å². The van der Waals surface area contributed by atoms with Crippen LogP contribution in [0.5, 0.6) is 0 Å². The molecule has 1 rings (SSSR count).